The fourth-order valence-electron chi connectivity index (χ4n) is 3.47. The lowest BCUT2D eigenvalue weighted by Crippen LogP contribution is -2.35. The van der Waals surface area contributed by atoms with Crippen molar-refractivity contribution in [1.82, 2.24) is 20.5 Å². The molecule has 196 valence electrons. The second-order valence-electron chi connectivity index (χ2n) is 8.14. The van der Waals surface area contributed by atoms with Crippen LogP contribution in [0.3, 0.4) is 0 Å². The average Bonchev–Trinajstić information content (AvgIpc) is 2.89. The molecule has 0 unspecified atom stereocenters. The number of carbonyl (C=O) groups is 2. The molecule has 2 aromatic carbocycles. The fraction of sp³-hybridized carbons (Fsp3) is 0.269. The second-order valence-corrected chi connectivity index (χ2v) is 8.14. The van der Waals surface area contributed by atoms with E-state index < -0.39 is 17.6 Å². The molecule has 0 radical (unpaired) electrons. The van der Waals surface area contributed by atoms with Crippen molar-refractivity contribution >= 4 is 12.3 Å². The van der Waals surface area contributed by atoms with E-state index in [0.29, 0.717) is 48.7 Å². The molecule has 3 rings (SSSR count). The Morgan fingerprint density at radius 1 is 1.08 bits per heavy atom. The van der Waals surface area contributed by atoms with Gasteiger partial charge in [-0.05, 0) is 61.6 Å². The van der Waals surface area contributed by atoms with Crippen molar-refractivity contribution in [1.29, 1.82) is 0 Å². The van der Waals surface area contributed by atoms with Crippen molar-refractivity contribution in [3.63, 3.8) is 0 Å². The minimum atomic E-state index is -4.50. The van der Waals surface area contributed by atoms with Crippen LogP contribution in [0.2, 0.25) is 0 Å². The van der Waals surface area contributed by atoms with Crippen LogP contribution in [0.5, 0.6) is 11.5 Å². The summed E-state index contributed by atoms with van der Waals surface area (Å²) in [6, 6.07) is 15.0. The van der Waals surface area contributed by atoms with E-state index in [9.17, 15) is 22.8 Å². The number of carbonyl (C=O) groups excluding carboxylic acids is 2. The number of halogens is 3. The topological polar surface area (TPSA) is 110 Å². The molecular weight excluding hydrogens is 487 g/mol. The first-order valence-corrected chi connectivity index (χ1v) is 11.5. The first-order valence-electron chi connectivity index (χ1n) is 11.5. The number of amides is 2. The maximum atomic E-state index is 13.3. The molecule has 4 N–H and O–H groups in total. The van der Waals surface area contributed by atoms with Gasteiger partial charge < -0.3 is 26.0 Å². The van der Waals surface area contributed by atoms with Crippen LogP contribution in [0.15, 0.2) is 60.7 Å². The van der Waals surface area contributed by atoms with Gasteiger partial charge in [0.1, 0.15) is 17.2 Å². The summed E-state index contributed by atoms with van der Waals surface area (Å²) in [5.74, 6) is 0.0432. The number of rotatable bonds is 13. The van der Waals surface area contributed by atoms with E-state index >= 15 is 0 Å². The number of ether oxygens (including phenoxy) is 1. The number of primary amides is 1. The van der Waals surface area contributed by atoms with Crippen LogP contribution in [-0.2, 0) is 17.5 Å². The summed E-state index contributed by atoms with van der Waals surface area (Å²) in [5, 5.41) is 6.03. The Balaban J connectivity index is 1.73. The molecular formula is C26H28F3N5O3. The van der Waals surface area contributed by atoms with Crippen molar-refractivity contribution in [2.45, 2.75) is 12.7 Å². The number of hydrogen-bond acceptors (Lipinski definition) is 6. The van der Waals surface area contributed by atoms with Gasteiger partial charge in [0.15, 0.2) is 0 Å². The highest BCUT2D eigenvalue weighted by molar-refractivity contribution is 5.91. The van der Waals surface area contributed by atoms with Gasteiger partial charge in [0.2, 0.25) is 6.41 Å². The maximum Gasteiger partial charge on any atom is 0.416 e. The molecule has 37 heavy (non-hydrogen) atoms. The van der Waals surface area contributed by atoms with Crippen LogP contribution < -0.4 is 21.1 Å². The number of alkyl halides is 3. The molecule has 0 fully saturated rings. The highest BCUT2D eigenvalue weighted by Gasteiger charge is 2.31. The number of hydrogen-bond donors (Lipinski definition) is 3. The molecule has 0 atom stereocenters. The van der Waals surface area contributed by atoms with E-state index in [1.807, 2.05) is 0 Å². The Morgan fingerprint density at radius 3 is 2.46 bits per heavy atom. The Kier molecular flexibility index (Phi) is 9.58. The molecule has 11 heteroatoms. The second kappa shape index (κ2) is 12.8. The molecule has 0 aliphatic carbocycles. The molecule has 8 nitrogen and oxygen atoms in total. The van der Waals surface area contributed by atoms with Gasteiger partial charge in [-0.3, -0.25) is 9.59 Å². The fourth-order valence-corrected chi connectivity index (χ4v) is 3.47. The van der Waals surface area contributed by atoms with Crippen molar-refractivity contribution < 1.29 is 27.5 Å². The minimum absolute atomic E-state index is 0.111. The Labute approximate surface area is 212 Å². The van der Waals surface area contributed by atoms with Gasteiger partial charge in [-0.1, -0.05) is 6.07 Å². The molecule has 3 aromatic rings. The van der Waals surface area contributed by atoms with Gasteiger partial charge in [-0.25, -0.2) is 4.98 Å². The Morgan fingerprint density at radius 2 is 1.81 bits per heavy atom. The molecule has 0 aliphatic heterocycles. The Hall–Kier alpha value is -3.96. The third kappa shape index (κ3) is 8.02. The van der Waals surface area contributed by atoms with Crippen molar-refractivity contribution in [2.24, 2.45) is 5.73 Å². The van der Waals surface area contributed by atoms with Gasteiger partial charge in [0.25, 0.3) is 5.91 Å². The van der Waals surface area contributed by atoms with Crippen LogP contribution in [-0.4, -0.2) is 55.4 Å². The lowest BCUT2D eigenvalue weighted by molar-refractivity contribution is -0.137. The summed E-state index contributed by atoms with van der Waals surface area (Å²) in [7, 11) is 1.78. The van der Waals surface area contributed by atoms with E-state index in [1.165, 1.54) is 12.1 Å². The molecule has 1 aromatic heterocycles. The lowest BCUT2D eigenvalue weighted by Gasteiger charge is -2.18. The number of benzene rings is 2. The van der Waals surface area contributed by atoms with Gasteiger partial charge in [0, 0.05) is 43.9 Å². The SMILES string of the molecule is CNCCN(C=O)CCNCc1cc(C(F)(F)F)ccc1Oc1ccc(-c2cccc(C(N)=O)n2)cc1. The van der Waals surface area contributed by atoms with Gasteiger partial charge in [0.05, 0.1) is 11.3 Å². The first-order chi connectivity index (χ1) is 17.7. The predicted molar refractivity (Wildman–Crippen MR) is 133 cm³/mol. The van der Waals surface area contributed by atoms with E-state index in [1.54, 1.807) is 48.3 Å². The molecule has 0 spiro atoms. The van der Waals surface area contributed by atoms with Gasteiger partial charge in [-0.2, -0.15) is 13.2 Å². The minimum Gasteiger partial charge on any atom is -0.457 e. The zero-order valence-corrected chi connectivity index (χ0v) is 20.2. The van der Waals surface area contributed by atoms with E-state index in [-0.39, 0.29) is 18.0 Å². The van der Waals surface area contributed by atoms with Gasteiger partial charge in [-0.15, -0.1) is 0 Å². The first kappa shape index (κ1) is 27.6. The normalized spacial score (nSPS) is 11.2. The molecule has 2 amide bonds. The third-order valence-electron chi connectivity index (χ3n) is 5.46. The quantitative estimate of drug-likeness (QED) is 0.238. The van der Waals surface area contributed by atoms with E-state index in [4.69, 9.17) is 10.5 Å². The number of nitrogens with two attached hydrogens (primary N) is 1. The molecule has 0 saturated carbocycles. The summed E-state index contributed by atoms with van der Waals surface area (Å²) in [5.41, 5.74) is 6.22. The molecule has 0 saturated heterocycles. The molecule has 1 heterocycles. The van der Waals surface area contributed by atoms with Crippen molar-refractivity contribution in [3.05, 3.63) is 77.5 Å². The van der Waals surface area contributed by atoms with Crippen LogP contribution >= 0.6 is 0 Å². The third-order valence-corrected chi connectivity index (χ3v) is 5.46. The smallest absolute Gasteiger partial charge is 0.416 e. The van der Waals surface area contributed by atoms with Crippen LogP contribution in [0.4, 0.5) is 13.2 Å². The number of pyridine rings is 1. The zero-order valence-electron chi connectivity index (χ0n) is 20.2. The lowest BCUT2D eigenvalue weighted by atomic mass is 10.1. The summed E-state index contributed by atoms with van der Waals surface area (Å²) < 4.78 is 45.9. The monoisotopic (exact) mass is 515 g/mol. The Bertz CT molecular complexity index is 1200. The molecule has 0 bridgehead atoms. The number of nitrogens with one attached hydrogen (secondary N) is 2. The zero-order chi connectivity index (χ0) is 26.8. The standard InChI is InChI=1S/C26H28F3N5O3/c1-31-11-13-34(17-35)14-12-32-16-19-15-20(26(27,28)29)7-10-24(19)37-21-8-5-18(6-9-21)22-3-2-4-23(33-22)25(30)36/h2-10,15,17,31-32H,11-14,16H2,1H3,(H2,30,36). The summed E-state index contributed by atoms with van der Waals surface area (Å²) >= 11 is 0. The largest absolute Gasteiger partial charge is 0.457 e. The number of nitrogens with zero attached hydrogens (tertiary/aromatic N) is 2. The van der Waals surface area contributed by atoms with Crippen LogP contribution in [0.1, 0.15) is 21.6 Å². The highest BCUT2D eigenvalue weighted by atomic mass is 19.4. The highest BCUT2D eigenvalue weighted by Crippen LogP contribution is 2.34. The summed E-state index contributed by atoms with van der Waals surface area (Å²) in [6.07, 6.45) is -3.76. The van der Waals surface area contributed by atoms with E-state index in [0.717, 1.165) is 18.5 Å². The maximum absolute atomic E-state index is 13.3. The summed E-state index contributed by atoms with van der Waals surface area (Å²) in [4.78, 5) is 28.3. The van der Waals surface area contributed by atoms with Crippen LogP contribution in [0.25, 0.3) is 11.3 Å². The van der Waals surface area contributed by atoms with Crippen LogP contribution in [0, 0.1) is 0 Å². The summed E-state index contributed by atoms with van der Waals surface area (Å²) in [6.45, 7) is 2.07. The van der Waals surface area contributed by atoms with E-state index in [2.05, 4.69) is 15.6 Å². The molecule has 0 aliphatic rings. The van der Waals surface area contributed by atoms with Crippen molar-refractivity contribution in [3.8, 4) is 22.8 Å². The number of aromatic nitrogens is 1. The van der Waals surface area contributed by atoms with Crippen molar-refractivity contribution in [2.75, 3.05) is 33.2 Å². The number of likely N-dealkylation sites (N-methyl/N-ethyl adjacent to an activating group) is 1. The average molecular weight is 516 g/mol. The van der Waals surface area contributed by atoms with Gasteiger partial charge >= 0.3 is 6.18 Å². The predicted octanol–water partition coefficient (Wildman–Crippen LogP) is 3.43.